The molecule has 7 nitrogen and oxygen atoms in total. The molecule has 0 spiro atoms. The van der Waals surface area contributed by atoms with E-state index in [0.29, 0.717) is 26.3 Å². The predicted octanol–water partition coefficient (Wildman–Crippen LogP) is 3.14. The molecule has 9 heteroatoms. The zero-order chi connectivity index (χ0) is 19.1. The number of hydrazone groups is 1. The van der Waals surface area contributed by atoms with Gasteiger partial charge in [-0.25, -0.2) is 5.43 Å². The van der Waals surface area contributed by atoms with Crippen LogP contribution in [0.4, 0.5) is 5.13 Å². The molecular formula is C18H14ClN5O2S. The first-order valence-electron chi connectivity index (χ1n) is 7.87. The largest absolute Gasteiger partial charge is 0.296 e. The highest BCUT2D eigenvalue weighted by Crippen LogP contribution is 2.17. The monoisotopic (exact) mass is 399 g/mol. The van der Waals surface area contributed by atoms with Crippen molar-refractivity contribution in [2.24, 2.45) is 5.10 Å². The van der Waals surface area contributed by atoms with Crippen LogP contribution in [0, 0.1) is 0 Å². The summed E-state index contributed by atoms with van der Waals surface area (Å²) in [5.41, 5.74) is 3.62. The maximum Gasteiger partial charge on any atom is 0.257 e. The zero-order valence-corrected chi connectivity index (χ0v) is 15.5. The molecule has 0 radical (unpaired) electrons. The molecule has 0 bridgehead atoms. The minimum absolute atomic E-state index is 0.00125. The molecular weight excluding hydrogens is 386 g/mol. The van der Waals surface area contributed by atoms with Gasteiger partial charge in [-0.1, -0.05) is 59.3 Å². The SMILES string of the molecule is O=C(Cc1nnc(NC(=O)c2ccccc2)s1)N/N=C/c1ccccc1Cl. The van der Waals surface area contributed by atoms with Crippen LogP contribution in [0.5, 0.6) is 0 Å². The maximum absolute atomic E-state index is 12.1. The lowest BCUT2D eigenvalue weighted by Gasteiger charge is -1.99. The number of anilines is 1. The molecule has 0 saturated heterocycles. The normalized spacial score (nSPS) is 10.7. The molecule has 0 unspecified atom stereocenters. The number of halogens is 1. The number of benzene rings is 2. The summed E-state index contributed by atoms with van der Waals surface area (Å²) in [5, 5.41) is 15.6. The van der Waals surface area contributed by atoms with Crippen LogP contribution in [0.15, 0.2) is 59.7 Å². The summed E-state index contributed by atoms with van der Waals surface area (Å²) >= 11 is 7.13. The number of carbonyl (C=O) groups is 2. The van der Waals surface area contributed by atoms with Crippen molar-refractivity contribution in [3.8, 4) is 0 Å². The minimum Gasteiger partial charge on any atom is -0.296 e. The molecule has 1 aromatic heterocycles. The van der Waals surface area contributed by atoms with E-state index >= 15 is 0 Å². The van der Waals surface area contributed by atoms with E-state index in [1.54, 1.807) is 36.4 Å². The van der Waals surface area contributed by atoms with E-state index < -0.39 is 0 Å². The van der Waals surface area contributed by atoms with E-state index in [0.717, 1.165) is 11.3 Å². The second kappa shape index (κ2) is 9.02. The quantitative estimate of drug-likeness (QED) is 0.491. The van der Waals surface area contributed by atoms with Crippen molar-refractivity contribution in [1.29, 1.82) is 0 Å². The first-order chi connectivity index (χ1) is 13.1. The topological polar surface area (TPSA) is 96.3 Å². The van der Waals surface area contributed by atoms with E-state index in [1.807, 2.05) is 18.2 Å². The van der Waals surface area contributed by atoms with Crippen molar-refractivity contribution in [1.82, 2.24) is 15.6 Å². The van der Waals surface area contributed by atoms with Crippen molar-refractivity contribution in [2.45, 2.75) is 6.42 Å². The molecule has 2 N–H and O–H groups in total. The van der Waals surface area contributed by atoms with Crippen molar-refractivity contribution >= 4 is 46.1 Å². The zero-order valence-electron chi connectivity index (χ0n) is 13.9. The van der Waals surface area contributed by atoms with Gasteiger partial charge in [0, 0.05) is 16.1 Å². The van der Waals surface area contributed by atoms with Gasteiger partial charge in [0.25, 0.3) is 5.91 Å². The fraction of sp³-hybridized carbons (Fsp3) is 0.0556. The smallest absolute Gasteiger partial charge is 0.257 e. The molecule has 0 aliphatic rings. The van der Waals surface area contributed by atoms with Crippen LogP contribution in [0.3, 0.4) is 0 Å². The number of nitrogens with zero attached hydrogens (tertiary/aromatic N) is 3. The van der Waals surface area contributed by atoms with Crippen LogP contribution in [0.2, 0.25) is 5.02 Å². The van der Waals surface area contributed by atoms with Crippen molar-refractivity contribution in [3.05, 3.63) is 75.8 Å². The van der Waals surface area contributed by atoms with E-state index in [1.165, 1.54) is 6.21 Å². The summed E-state index contributed by atoms with van der Waals surface area (Å²) in [6, 6.07) is 15.9. The molecule has 27 heavy (non-hydrogen) atoms. The molecule has 2 aromatic carbocycles. The van der Waals surface area contributed by atoms with Crippen LogP contribution in [0.25, 0.3) is 0 Å². The van der Waals surface area contributed by atoms with Gasteiger partial charge in [-0.05, 0) is 18.2 Å². The lowest BCUT2D eigenvalue weighted by Crippen LogP contribution is -2.19. The number of hydrogen-bond acceptors (Lipinski definition) is 6. The molecule has 0 fully saturated rings. The lowest BCUT2D eigenvalue weighted by molar-refractivity contribution is -0.120. The molecule has 136 valence electrons. The standard InChI is InChI=1S/C18H14ClN5O2S/c19-14-9-5-4-8-13(14)11-20-22-15(25)10-16-23-24-18(27-16)21-17(26)12-6-2-1-3-7-12/h1-9,11H,10H2,(H,22,25)(H,21,24,26)/b20-11+. The van der Waals surface area contributed by atoms with Gasteiger partial charge in [0.2, 0.25) is 11.0 Å². The third kappa shape index (κ3) is 5.44. The first-order valence-corrected chi connectivity index (χ1v) is 9.06. The van der Waals surface area contributed by atoms with Crippen molar-refractivity contribution in [3.63, 3.8) is 0 Å². The molecule has 0 aliphatic carbocycles. The van der Waals surface area contributed by atoms with Gasteiger partial charge < -0.3 is 0 Å². The maximum atomic E-state index is 12.1. The number of hydrogen-bond donors (Lipinski definition) is 2. The fourth-order valence-corrected chi connectivity index (χ4v) is 2.98. The predicted molar refractivity (Wildman–Crippen MR) is 105 cm³/mol. The second-order valence-corrected chi connectivity index (χ2v) is 6.78. The minimum atomic E-state index is -0.351. The molecule has 1 heterocycles. The first kappa shape index (κ1) is 18.7. The van der Waals surface area contributed by atoms with Crippen LogP contribution in [-0.4, -0.2) is 28.2 Å². The van der Waals surface area contributed by atoms with Crippen LogP contribution >= 0.6 is 22.9 Å². The highest BCUT2D eigenvalue weighted by Gasteiger charge is 2.12. The molecule has 3 rings (SSSR count). The Labute approximate surface area is 164 Å². The lowest BCUT2D eigenvalue weighted by atomic mass is 10.2. The summed E-state index contributed by atoms with van der Waals surface area (Å²) in [5.74, 6) is -0.637. The number of nitrogens with one attached hydrogen (secondary N) is 2. The van der Waals surface area contributed by atoms with Gasteiger partial charge in [-0.15, -0.1) is 10.2 Å². The van der Waals surface area contributed by atoms with Crippen molar-refractivity contribution in [2.75, 3.05) is 5.32 Å². The Morgan fingerprint density at radius 1 is 1.07 bits per heavy atom. The summed E-state index contributed by atoms with van der Waals surface area (Å²) in [6.07, 6.45) is 1.46. The van der Waals surface area contributed by atoms with Gasteiger partial charge >= 0.3 is 0 Å². The van der Waals surface area contributed by atoms with Gasteiger partial charge in [-0.3, -0.25) is 14.9 Å². The average molecular weight is 400 g/mol. The van der Waals surface area contributed by atoms with Gasteiger partial charge in [-0.2, -0.15) is 5.10 Å². The number of rotatable bonds is 6. The Kier molecular flexibility index (Phi) is 6.24. The van der Waals surface area contributed by atoms with Gasteiger partial charge in [0.15, 0.2) is 0 Å². The molecule has 0 aliphatic heterocycles. The summed E-state index contributed by atoms with van der Waals surface area (Å²) in [7, 11) is 0. The summed E-state index contributed by atoms with van der Waals surface area (Å²) in [6.45, 7) is 0. The third-order valence-corrected chi connectivity index (χ3v) is 4.52. The van der Waals surface area contributed by atoms with Gasteiger partial charge in [0.05, 0.1) is 12.6 Å². The van der Waals surface area contributed by atoms with E-state index in [9.17, 15) is 9.59 Å². The Bertz CT molecular complexity index is 975. The molecule has 2 amide bonds. The molecule has 0 saturated carbocycles. The number of carbonyl (C=O) groups excluding carboxylic acids is 2. The second-order valence-electron chi connectivity index (χ2n) is 5.31. The highest BCUT2D eigenvalue weighted by atomic mass is 35.5. The average Bonchev–Trinajstić information content (AvgIpc) is 3.10. The van der Waals surface area contributed by atoms with E-state index in [-0.39, 0.29) is 18.2 Å². The third-order valence-electron chi connectivity index (χ3n) is 3.33. The van der Waals surface area contributed by atoms with Crippen LogP contribution in [-0.2, 0) is 11.2 Å². The van der Waals surface area contributed by atoms with Crippen LogP contribution in [0.1, 0.15) is 20.9 Å². The van der Waals surface area contributed by atoms with Gasteiger partial charge in [0.1, 0.15) is 5.01 Å². The molecule has 0 atom stereocenters. The van der Waals surface area contributed by atoms with Crippen LogP contribution < -0.4 is 10.7 Å². The molecule has 3 aromatic rings. The highest BCUT2D eigenvalue weighted by molar-refractivity contribution is 7.15. The Morgan fingerprint density at radius 2 is 1.81 bits per heavy atom. The fourth-order valence-electron chi connectivity index (χ4n) is 2.06. The van der Waals surface area contributed by atoms with E-state index in [4.69, 9.17) is 11.6 Å². The number of amides is 2. The number of aromatic nitrogens is 2. The Hall–Kier alpha value is -3.10. The summed E-state index contributed by atoms with van der Waals surface area (Å²) in [4.78, 5) is 24.0. The Morgan fingerprint density at radius 3 is 2.59 bits per heavy atom. The van der Waals surface area contributed by atoms with Crippen molar-refractivity contribution < 1.29 is 9.59 Å². The van der Waals surface area contributed by atoms with E-state index in [2.05, 4.69) is 26.0 Å². The Balaban J connectivity index is 1.52. The summed E-state index contributed by atoms with van der Waals surface area (Å²) < 4.78 is 0.